The quantitative estimate of drug-likeness (QED) is 0.0826. The van der Waals surface area contributed by atoms with Gasteiger partial charge in [0.1, 0.15) is 42.0 Å². The molecule has 0 bridgehead atoms. The topological polar surface area (TPSA) is 175 Å². The zero-order valence-corrected chi connectivity index (χ0v) is 40.2. The molecule has 16 heteroatoms. The lowest BCUT2D eigenvalue weighted by Crippen LogP contribution is -2.57. The van der Waals surface area contributed by atoms with Crippen molar-refractivity contribution in [2.75, 3.05) is 46.0 Å². The molecule has 1 spiro atoms. The Balaban J connectivity index is 1.16. The maximum absolute atomic E-state index is 16.6. The number of aromatic hydroxyl groups is 1. The van der Waals surface area contributed by atoms with Crippen LogP contribution in [0.5, 0.6) is 17.2 Å². The summed E-state index contributed by atoms with van der Waals surface area (Å²) in [5.41, 5.74) is 4.02. The number of imide groups is 1. The third-order valence-electron chi connectivity index (χ3n) is 14.5. The highest BCUT2D eigenvalue weighted by atomic mass is 16.6. The third-order valence-corrected chi connectivity index (χ3v) is 14.5. The maximum Gasteiger partial charge on any atom is 0.421 e. The van der Waals surface area contributed by atoms with Gasteiger partial charge in [0.05, 0.1) is 50.0 Å². The smallest absolute Gasteiger partial charge is 0.421 e. The molecular formula is C57H50N6O10. The number of carbonyl (C=O) groups excluding carboxylic acids is 4. The molecule has 2 saturated heterocycles. The van der Waals surface area contributed by atoms with Gasteiger partial charge in [0.15, 0.2) is 11.5 Å². The van der Waals surface area contributed by atoms with E-state index in [-0.39, 0.29) is 49.8 Å². The second kappa shape index (κ2) is 19.2. The van der Waals surface area contributed by atoms with E-state index < -0.39 is 59.4 Å². The minimum absolute atomic E-state index is 0.0435. The first-order valence-corrected chi connectivity index (χ1v) is 24.0. The lowest BCUT2D eigenvalue weighted by Gasteiger charge is -2.46. The standard InChI is InChI=1S/C57H50N6O10/c1-69-29-30-72-56(68)62-44-25-20-35(13-12-27-61-45-19-11-10-18-43(45)58-59-61)31-42(44)57(55(62)67)48(53(65)60-28-26-39-32-46(70-2)47(71-3)33-40(39)34-60)50-54(66)73-51(37-16-8-5-9-17-37)49(36-14-6-4-7-15-36)63(50)52(57)38-21-23-41(64)24-22-38/h4-11,14-25,31-33,48-52,64H,26-30,34H2,1-3H3/t48-,49-,50-,51+,52+,57-/m1/s1. The lowest BCUT2D eigenvalue weighted by atomic mass is 9.64. The van der Waals surface area contributed by atoms with Crippen molar-refractivity contribution in [3.63, 3.8) is 0 Å². The fourth-order valence-electron chi connectivity index (χ4n) is 11.4. The summed E-state index contributed by atoms with van der Waals surface area (Å²) < 4.78 is 30.7. The number of phenols is 1. The van der Waals surface area contributed by atoms with Gasteiger partial charge in [0.2, 0.25) is 11.8 Å². The van der Waals surface area contributed by atoms with Crippen LogP contribution in [0.4, 0.5) is 10.5 Å². The van der Waals surface area contributed by atoms with E-state index in [0.717, 1.165) is 27.1 Å². The summed E-state index contributed by atoms with van der Waals surface area (Å²) >= 11 is 0. The SMILES string of the molecule is COCCOC(=O)N1C(=O)[C@@]2(c3cc(C#CCn4nnc5ccccc54)ccc31)[C@H](c1ccc(O)cc1)N1[C@H](c3ccccc3)[C@H](c3ccccc3)OC(=O)[C@H]1[C@@H]2C(=O)N1CCc2cc(OC)c(OC)cc2C1. The third kappa shape index (κ3) is 7.88. The molecule has 5 heterocycles. The Morgan fingerprint density at radius 1 is 0.781 bits per heavy atom. The van der Waals surface area contributed by atoms with Crippen molar-refractivity contribution < 1.29 is 48.0 Å². The van der Waals surface area contributed by atoms with E-state index in [4.69, 9.17) is 23.7 Å². The number of ether oxygens (including phenoxy) is 5. The van der Waals surface area contributed by atoms with Crippen LogP contribution in [0.25, 0.3) is 11.0 Å². The molecule has 0 aliphatic carbocycles. The van der Waals surface area contributed by atoms with Crippen LogP contribution < -0.4 is 14.4 Å². The van der Waals surface area contributed by atoms with Crippen molar-refractivity contribution in [3.05, 3.63) is 178 Å². The van der Waals surface area contributed by atoms with E-state index in [0.29, 0.717) is 40.1 Å². The number of cyclic esters (lactones) is 1. The Labute approximate surface area is 420 Å². The summed E-state index contributed by atoms with van der Waals surface area (Å²) in [6, 6.07) is 38.3. The molecule has 0 radical (unpaired) electrons. The molecule has 0 saturated carbocycles. The number of hydrogen-bond donors (Lipinski definition) is 1. The van der Waals surface area contributed by atoms with Crippen LogP contribution in [0.1, 0.15) is 57.1 Å². The van der Waals surface area contributed by atoms with Crippen molar-refractivity contribution in [1.29, 1.82) is 0 Å². The second-order valence-electron chi connectivity index (χ2n) is 18.4. The second-order valence-corrected chi connectivity index (χ2v) is 18.4. The number of anilines is 1. The molecule has 1 aromatic heterocycles. The number of methoxy groups -OCH3 is 3. The number of esters is 1. The Kier molecular flexibility index (Phi) is 12.3. The number of carbonyl (C=O) groups is 4. The van der Waals surface area contributed by atoms with Crippen LogP contribution in [0.2, 0.25) is 0 Å². The highest BCUT2D eigenvalue weighted by molar-refractivity contribution is 6.23. The van der Waals surface area contributed by atoms with Crippen LogP contribution in [-0.2, 0) is 53.5 Å². The molecule has 0 unspecified atom stereocenters. The summed E-state index contributed by atoms with van der Waals surface area (Å²) in [5, 5.41) is 19.4. The van der Waals surface area contributed by atoms with Crippen molar-refractivity contribution in [1.82, 2.24) is 24.8 Å². The summed E-state index contributed by atoms with van der Waals surface area (Å²) in [5.74, 6) is 3.91. The molecule has 7 aromatic rings. The molecule has 73 heavy (non-hydrogen) atoms. The number of hydrogen-bond acceptors (Lipinski definition) is 13. The van der Waals surface area contributed by atoms with Crippen LogP contribution >= 0.6 is 0 Å². The van der Waals surface area contributed by atoms with Gasteiger partial charge < -0.3 is 33.7 Å². The van der Waals surface area contributed by atoms with E-state index in [1.54, 1.807) is 54.1 Å². The number of rotatable bonds is 10. The Bertz CT molecular complexity index is 3340. The normalized spacial score (nSPS) is 22.0. The molecule has 2 fully saturated rings. The van der Waals surface area contributed by atoms with E-state index in [1.807, 2.05) is 102 Å². The number of amides is 3. The number of fused-ring (bicyclic) bond motifs is 5. The van der Waals surface area contributed by atoms with E-state index >= 15 is 14.4 Å². The van der Waals surface area contributed by atoms with Gasteiger partial charge in [-0.1, -0.05) is 102 Å². The first-order chi connectivity index (χ1) is 35.7. The summed E-state index contributed by atoms with van der Waals surface area (Å²) in [4.78, 5) is 68.0. The minimum Gasteiger partial charge on any atom is -0.508 e. The van der Waals surface area contributed by atoms with Gasteiger partial charge in [-0.2, -0.15) is 0 Å². The molecule has 16 nitrogen and oxygen atoms in total. The van der Waals surface area contributed by atoms with E-state index in [9.17, 15) is 9.90 Å². The van der Waals surface area contributed by atoms with Crippen molar-refractivity contribution in [3.8, 4) is 29.1 Å². The predicted molar refractivity (Wildman–Crippen MR) is 266 cm³/mol. The van der Waals surface area contributed by atoms with Crippen LogP contribution in [0, 0.1) is 17.8 Å². The van der Waals surface area contributed by atoms with Gasteiger partial charge in [-0.3, -0.25) is 19.3 Å². The zero-order chi connectivity index (χ0) is 50.4. The number of nitrogens with zero attached hydrogens (tertiary/aromatic N) is 6. The number of benzene rings is 6. The molecule has 368 valence electrons. The molecule has 11 rings (SSSR count). The largest absolute Gasteiger partial charge is 0.508 e. The van der Waals surface area contributed by atoms with Crippen molar-refractivity contribution in [2.45, 2.75) is 49.2 Å². The monoisotopic (exact) mass is 978 g/mol. The van der Waals surface area contributed by atoms with Gasteiger partial charge in [-0.15, -0.1) is 5.10 Å². The van der Waals surface area contributed by atoms with Crippen LogP contribution in [0.15, 0.2) is 140 Å². The Morgan fingerprint density at radius 3 is 2.21 bits per heavy atom. The molecule has 3 amide bonds. The van der Waals surface area contributed by atoms with Crippen molar-refractivity contribution in [2.24, 2.45) is 5.92 Å². The molecular weight excluding hydrogens is 929 g/mol. The summed E-state index contributed by atoms with van der Waals surface area (Å²) in [7, 11) is 4.58. The number of aromatic nitrogens is 3. The van der Waals surface area contributed by atoms with Gasteiger partial charge in [0.25, 0.3) is 0 Å². The molecule has 6 atom stereocenters. The number of morpholine rings is 1. The fourth-order valence-corrected chi connectivity index (χ4v) is 11.4. The summed E-state index contributed by atoms with van der Waals surface area (Å²) in [6.07, 6.45) is -1.50. The number of para-hydroxylation sites is 1. The first-order valence-electron chi connectivity index (χ1n) is 24.0. The Hall–Kier alpha value is -8.52. The first kappa shape index (κ1) is 46.8. The van der Waals surface area contributed by atoms with Crippen LogP contribution in [0.3, 0.4) is 0 Å². The average Bonchev–Trinajstić information content (AvgIpc) is 4.10. The Morgan fingerprint density at radius 2 is 1.48 bits per heavy atom. The molecule has 6 aromatic carbocycles. The van der Waals surface area contributed by atoms with Gasteiger partial charge in [-0.25, -0.2) is 14.4 Å². The van der Waals surface area contributed by atoms with Gasteiger partial charge >= 0.3 is 12.1 Å². The fraction of sp³-hybridized carbons (Fsp3) is 0.263. The predicted octanol–water partition coefficient (Wildman–Crippen LogP) is 7.24. The average molecular weight is 979 g/mol. The zero-order valence-electron chi connectivity index (χ0n) is 40.2. The minimum atomic E-state index is -2.07. The molecule has 4 aliphatic rings. The maximum atomic E-state index is 16.6. The number of phenolic OH excluding ortho intramolecular Hbond substituents is 1. The van der Waals surface area contributed by atoms with Crippen LogP contribution in [-0.4, -0.2) is 101 Å². The van der Waals surface area contributed by atoms with E-state index in [1.165, 1.54) is 19.2 Å². The van der Waals surface area contributed by atoms with Gasteiger partial charge in [0, 0.05) is 25.8 Å². The van der Waals surface area contributed by atoms with Gasteiger partial charge in [-0.05, 0) is 94.4 Å². The highest BCUT2D eigenvalue weighted by Crippen LogP contribution is 2.66. The molecule has 4 aliphatic heterocycles. The van der Waals surface area contributed by atoms with Crippen molar-refractivity contribution >= 4 is 40.6 Å². The summed E-state index contributed by atoms with van der Waals surface area (Å²) in [6.45, 7) is 0.371. The molecule has 1 N–H and O–H groups in total. The van der Waals surface area contributed by atoms with E-state index in [2.05, 4.69) is 22.2 Å². The lowest BCUT2D eigenvalue weighted by molar-refractivity contribution is -0.179. The highest BCUT2D eigenvalue weighted by Gasteiger charge is 2.76.